The monoisotopic (exact) mass is 525 g/mol. The first-order valence-electron chi connectivity index (χ1n) is 11.4. The standard InChI is InChI=1S/C22H35N7.HI/c1-2-23-22(28-16-11-19(18-28)17-27-13-5-3-6-14-27)24-12-8-10-21-26-25-20-9-4-7-15-29(20)21;/h4,7,9,15,19H,2-3,5-6,8,10-14,16-18H2,1H3,(H,23,24);1H. The summed E-state index contributed by atoms with van der Waals surface area (Å²) in [6.45, 7) is 9.99. The molecule has 0 radical (unpaired) electrons. The van der Waals surface area contributed by atoms with Crippen LogP contribution in [0.15, 0.2) is 29.4 Å². The Morgan fingerprint density at radius 1 is 1.17 bits per heavy atom. The second kappa shape index (κ2) is 11.8. The summed E-state index contributed by atoms with van der Waals surface area (Å²) >= 11 is 0. The summed E-state index contributed by atoms with van der Waals surface area (Å²) in [7, 11) is 0. The summed E-state index contributed by atoms with van der Waals surface area (Å²) in [5.41, 5.74) is 0.913. The van der Waals surface area contributed by atoms with E-state index in [4.69, 9.17) is 4.99 Å². The van der Waals surface area contributed by atoms with Crippen LogP contribution in [0.5, 0.6) is 0 Å². The number of aryl methyl sites for hydroxylation is 1. The van der Waals surface area contributed by atoms with Crippen LogP contribution in [-0.4, -0.2) is 76.2 Å². The van der Waals surface area contributed by atoms with Crippen molar-refractivity contribution < 1.29 is 0 Å². The number of pyridine rings is 1. The second-order valence-electron chi connectivity index (χ2n) is 8.35. The molecule has 2 aliphatic rings. The number of nitrogens with zero attached hydrogens (tertiary/aromatic N) is 6. The molecule has 4 rings (SSSR count). The minimum absolute atomic E-state index is 0. The Morgan fingerprint density at radius 3 is 2.87 bits per heavy atom. The van der Waals surface area contributed by atoms with E-state index in [9.17, 15) is 0 Å². The average molecular weight is 525 g/mol. The molecule has 2 fully saturated rings. The van der Waals surface area contributed by atoms with Gasteiger partial charge >= 0.3 is 0 Å². The van der Waals surface area contributed by atoms with Crippen molar-refractivity contribution in [2.24, 2.45) is 10.9 Å². The first kappa shape index (κ1) is 23.2. The number of piperidine rings is 1. The van der Waals surface area contributed by atoms with Crippen molar-refractivity contribution in [1.29, 1.82) is 0 Å². The smallest absolute Gasteiger partial charge is 0.193 e. The predicted octanol–water partition coefficient (Wildman–Crippen LogP) is 3.05. The molecule has 1 atom stereocenters. The summed E-state index contributed by atoms with van der Waals surface area (Å²) in [6.07, 6.45) is 9.36. The Kier molecular flexibility index (Phi) is 9.17. The molecule has 2 aromatic heterocycles. The van der Waals surface area contributed by atoms with Crippen LogP contribution in [-0.2, 0) is 6.42 Å². The van der Waals surface area contributed by atoms with Gasteiger partial charge in [0, 0.05) is 45.3 Å². The molecular formula is C22H36IN7. The summed E-state index contributed by atoms with van der Waals surface area (Å²) < 4.78 is 2.07. The average Bonchev–Trinajstić information content (AvgIpc) is 3.38. The zero-order valence-electron chi connectivity index (χ0n) is 18.2. The number of halogens is 1. The van der Waals surface area contributed by atoms with E-state index >= 15 is 0 Å². The molecule has 1 N–H and O–H groups in total. The molecule has 0 aliphatic carbocycles. The fraction of sp³-hybridized carbons (Fsp3) is 0.682. The highest BCUT2D eigenvalue weighted by Crippen LogP contribution is 2.20. The van der Waals surface area contributed by atoms with Gasteiger partial charge in [-0.05, 0) is 63.7 Å². The van der Waals surface area contributed by atoms with E-state index in [1.165, 1.54) is 45.3 Å². The topological polar surface area (TPSA) is 61.1 Å². The number of likely N-dealkylation sites (tertiary alicyclic amines) is 2. The number of rotatable bonds is 7. The Morgan fingerprint density at radius 2 is 2.03 bits per heavy atom. The van der Waals surface area contributed by atoms with Crippen molar-refractivity contribution in [2.75, 3.05) is 45.8 Å². The van der Waals surface area contributed by atoms with Crippen LogP contribution in [0.1, 0.15) is 44.9 Å². The van der Waals surface area contributed by atoms with E-state index in [0.29, 0.717) is 0 Å². The van der Waals surface area contributed by atoms with Gasteiger partial charge in [-0.25, -0.2) is 0 Å². The maximum Gasteiger partial charge on any atom is 0.193 e. The van der Waals surface area contributed by atoms with Crippen LogP contribution in [0.25, 0.3) is 5.65 Å². The predicted molar refractivity (Wildman–Crippen MR) is 133 cm³/mol. The molecule has 2 aromatic rings. The number of aromatic nitrogens is 3. The summed E-state index contributed by atoms with van der Waals surface area (Å²) in [5, 5.41) is 12.1. The zero-order chi connectivity index (χ0) is 19.9. The van der Waals surface area contributed by atoms with Gasteiger partial charge in [0.2, 0.25) is 0 Å². The molecule has 0 spiro atoms. The lowest BCUT2D eigenvalue weighted by Gasteiger charge is -2.29. The van der Waals surface area contributed by atoms with E-state index in [0.717, 1.165) is 62.4 Å². The second-order valence-corrected chi connectivity index (χ2v) is 8.35. The van der Waals surface area contributed by atoms with Gasteiger partial charge in [-0.1, -0.05) is 12.5 Å². The Hall–Kier alpha value is -1.42. The van der Waals surface area contributed by atoms with Crippen LogP contribution in [0.2, 0.25) is 0 Å². The third-order valence-corrected chi connectivity index (χ3v) is 6.09. The van der Waals surface area contributed by atoms with Crippen molar-refractivity contribution in [2.45, 2.75) is 45.4 Å². The number of hydrogen-bond donors (Lipinski definition) is 1. The van der Waals surface area contributed by atoms with Crippen molar-refractivity contribution in [1.82, 2.24) is 29.7 Å². The van der Waals surface area contributed by atoms with Gasteiger partial charge in [0.1, 0.15) is 5.82 Å². The van der Waals surface area contributed by atoms with Crippen LogP contribution < -0.4 is 5.32 Å². The van der Waals surface area contributed by atoms with Gasteiger partial charge in [-0.3, -0.25) is 9.39 Å². The first-order chi connectivity index (χ1) is 14.3. The van der Waals surface area contributed by atoms with E-state index < -0.39 is 0 Å². The fourth-order valence-corrected chi connectivity index (χ4v) is 4.59. The molecular weight excluding hydrogens is 489 g/mol. The fourth-order valence-electron chi connectivity index (χ4n) is 4.59. The Balaban J connectivity index is 0.00000256. The van der Waals surface area contributed by atoms with Gasteiger partial charge < -0.3 is 15.1 Å². The van der Waals surface area contributed by atoms with Crippen molar-refractivity contribution in [3.8, 4) is 0 Å². The maximum absolute atomic E-state index is 4.92. The lowest BCUT2D eigenvalue weighted by Crippen LogP contribution is -2.41. The molecule has 0 bridgehead atoms. The number of nitrogens with one attached hydrogen (secondary N) is 1. The van der Waals surface area contributed by atoms with Crippen LogP contribution >= 0.6 is 24.0 Å². The summed E-state index contributed by atoms with van der Waals surface area (Å²) in [4.78, 5) is 10.1. The Bertz CT molecular complexity index is 800. The zero-order valence-corrected chi connectivity index (χ0v) is 20.5. The van der Waals surface area contributed by atoms with Crippen LogP contribution in [0, 0.1) is 5.92 Å². The maximum atomic E-state index is 4.92. The molecule has 0 saturated carbocycles. The summed E-state index contributed by atoms with van der Waals surface area (Å²) in [6, 6.07) is 6.01. The molecule has 30 heavy (non-hydrogen) atoms. The van der Waals surface area contributed by atoms with Crippen LogP contribution in [0.3, 0.4) is 0 Å². The largest absolute Gasteiger partial charge is 0.357 e. The molecule has 7 nitrogen and oxygen atoms in total. The van der Waals surface area contributed by atoms with Gasteiger partial charge in [-0.2, -0.15) is 0 Å². The SMILES string of the molecule is CCNC(=NCCCc1nnc2ccccn12)N1CCC(CN2CCCCC2)C1.I. The van der Waals surface area contributed by atoms with Crippen molar-refractivity contribution >= 4 is 35.6 Å². The van der Waals surface area contributed by atoms with Crippen molar-refractivity contribution in [3.63, 3.8) is 0 Å². The van der Waals surface area contributed by atoms with Gasteiger partial charge in [0.25, 0.3) is 0 Å². The molecule has 166 valence electrons. The third kappa shape index (κ3) is 6.06. The normalized spacial score (nSPS) is 20.5. The highest BCUT2D eigenvalue weighted by molar-refractivity contribution is 14.0. The Labute approximate surface area is 197 Å². The summed E-state index contributed by atoms with van der Waals surface area (Å²) in [5.74, 6) is 2.88. The molecule has 4 heterocycles. The van der Waals surface area contributed by atoms with E-state index in [2.05, 4.69) is 36.6 Å². The minimum atomic E-state index is 0. The lowest BCUT2D eigenvalue weighted by atomic mass is 10.1. The van der Waals surface area contributed by atoms with E-state index in [-0.39, 0.29) is 24.0 Å². The number of guanidine groups is 1. The lowest BCUT2D eigenvalue weighted by molar-refractivity contribution is 0.198. The van der Waals surface area contributed by atoms with Crippen LogP contribution in [0.4, 0.5) is 0 Å². The van der Waals surface area contributed by atoms with Crippen molar-refractivity contribution in [3.05, 3.63) is 30.2 Å². The molecule has 0 amide bonds. The van der Waals surface area contributed by atoms with Gasteiger partial charge in [0.15, 0.2) is 11.6 Å². The first-order valence-corrected chi connectivity index (χ1v) is 11.4. The molecule has 0 aromatic carbocycles. The van der Waals surface area contributed by atoms with Gasteiger partial charge in [0.05, 0.1) is 0 Å². The highest BCUT2D eigenvalue weighted by atomic mass is 127. The quantitative estimate of drug-likeness (QED) is 0.261. The third-order valence-electron chi connectivity index (χ3n) is 6.09. The highest BCUT2D eigenvalue weighted by Gasteiger charge is 2.26. The molecule has 2 saturated heterocycles. The molecule has 1 unspecified atom stereocenters. The molecule has 2 aliphatic heterocycles. The number of hydrogen-bond acceptors (Lipinski definition) is 4. The van der Waals surface area contributed by atoms with E-state index in [1.807, 2.05) is 24.4 Å². The van der Waals surface area contributed by atoms with Gasteiger partial charge in [-0.15, -0.1) is 34.2 Å². The number of fused-ring (bicyclic) bond motifs is 1. The van der Waals surface area contributed by atoms with E-state index in [1.54, 1.807) is 0 Å². The molecule has 8 heteroatoms. The minimum Gasteiger partial charge on any atom is -0.357 e. The number of aliphatic imine (C=N–C) groups is 1.